The molecule has 0 N–H and O–H groups in total. The van der Waals surface area contributed by atoms with Crippen LogP contribution in [0.2, 0.25) is 0 Å². The zero-order valence-electron chi connectivity index (χ0n) is 14.4. The molecule has 1 saturated carbocycles. The Balaban J connectivity index is 1.70. The number of ether oxygens (including phenoxy) is 2. The first kappa shape index (κ1) is 17.6. The number of rotatable bonds is 8. The molecular weight excluding hydrogens is 290 g/mol. The lowest BCUT2D eigenvalue weighted by Gasteiger charge is -2.33. The molecule has 23 heavy (non-hydrogen) atoms. The Morgan fingerprint density at radius 3 is 2.39 bits per heavy atom. The molecule has 0 heterocycles. The van der Waals surface area contributed by atoms with Gasteiger partial charge in [-0.05, 0) is 50.5 Å². The number of amides is 1. The van der Waals surface area contributed by atoms with Gasteiger partial charge >= 0.3 is 0 Å². The lowest BCUT2D eigenvalue weighted by atomic mass is 9.94. The SMILES string of the molecule is CCN(C(=O)CCCOc1ccc(OC)cc1)C1CCCCC1. The molecule has 1 aliphatic carbocycles. The van der Waals surface area contributed by atoms with E-state index in [2.05, 4.69) is 11.8 Å². The number of carbonyl (C=O) groups is 1. The van der Waals surface area contributed by atoms with Gasteiger partial charge in [0.25, 0.3) is 0 Å². The van der Waals surface area contributed by atoms with E-state index in [1.807, 2.05) is 24.3 Å². The first-order valence-electron chi connectivity index (χ1n) is 8.81. The van der Waals surface area contributed by atoms with E-state index in [0.717, 1.165) is 24.5 Å². The summed E-state index contributed by atoms with van der Waals surface area (Å²) in [5.74, 6) is 1.91. The molecule has 4 nitrogen and oxygen atoms in total. The number of carbonyl (C=O) groups excluding carboxylic acids is 1. The van der Waals surface area contributed by atoms with E-state index in [1.165, 1.54) is 32.1 Å². The maximum Gasteiger partial charge on any atom is 0.222 e. The normalized spacial score (nSPS) is 15.2. The van der Waals surface area contributed by atoms with E-state index in [9.17, 15) is 4.79 Å². The molecule has 0 bridgehead atoms. The first-order valence-corrected chi connectivity index (χ1v) is 8.81. The summed E-state index contributed by atoms with van der Waals surface area (Å²) in [7, 11) is 1.65. The molecule has 2 rings (SSSR count). The Bertz CT molecular complexity index is 466. The number of hydrogen-bond donors (Lipinski definition) is 0. The zero-order chi connectivity index (χ0) is 16.5. The number of hydrogen-bond acceptors (Lipinski definition) is 3. The highest BCUT2D eigenvalue weighted by molar-refractivity contribution is 5.76. The van der Waals surface area contributed by atoms with E-state index >= 15 is 0 Å². The van der Waals surface area contributed by atoms with Gasteiger partial charge in [0.2, 0.25) is 5.91 Å². The third kappa shape index (κ3) is 5.45. The fourth-order valence-electron chi connectivity index (χ4n) is 3.26. The second-order valence-corrected chi connectivity index (χ2v) is 6.10. The molecule has 1 fully saturated rings. The van der Waals surface area contributed by atoms with Crippen molar-refractivity contribution in [1.82, 2.24) is 4.90 Å². The molecule has 0 atom stereocenters. The van der Waals surface area contributed by atoms with Crippen LogP contribution in [0, 0.1) is 0 Å². The largest absolute Gasteiger partial charge is 0.497 e. The third-order valence-electron chi connectivity index (χ3n) is 4.54. The standard InChI is InChI=1S/C19H29NO3/c1-3-20(16-8-5-4-6-9-16)19(21)10-7-15-23-18-13-11-17(22-2)12-14-18/h11-14,16H,3-10,15H2,1-2H3. The number of methoxy groups -OCH3 is 1. The van der Waals surface area contributed by atoms with Crippen LogP contribution in [0.4, 0.5) is 0 Å². The summed E-state index contributed by atoms with van der Waals surface area (Å²) in [4.78, 5) is 14.5. The topological polar surface area (TPSA) is 38.8 Å². The summed E-state index contributed by atoms with van der Waals surface area (Å²) in [6.07, 6.45) is 7.50. The summed E-state index contributed by atoms with van der Waals surface area (Å²) >= 11 is 0. The van der Waals surface area contributed by atoms with Gasteiger partial charge in [-0.25, -0.2) is 0 Å². The lowest BCUT2D eigenvalue weighted by molar-refractivity contribution is -0.134. The molecule has 128 valence electrons. The van der Waals surface area contributed by atoms with Crippen LogP contribution in [-0.4, -0.2) is 37.1 Å². The van der Waals surface area contributed by atoms with Gasteiger partial charge in [-0.15, -0.1) is 0 Å². The van der Waals surface area contributed by atoms with Crippen molar-refractivity contribution in [2.75, 3.05) is 20.3 Å². The monoisotopic (exact) mass is 319 g/mol. The van der Waals surface area contributed by atoms with E-state index < -0.39 is 0 Å². The van der Waals surface area contributed by atoms with Crippen molar-refractivity contribution in [3.63, 3.8) is 0 Å². The van der Waals surface area contributed by atoms with Crippen LogP contribution in [0.1, 0.15) is 51.9 Å². The van der Waals surface area contributed by atoms with Gasteiger partial charge in [-0.2, -0.15) is 0 Å². The molecule has 1 aromatic carbocycles. The lowest BCUT2D eigenvalue weighted by Crippen LogP contribution is -2.41. The van der Waals surface area contributed by atoms with Gasteiger partial charge < -0.3 is 14.4 Å². The van der Waals surface area contributed by atoms with Crippen molar-refractivity contribution in [2.24, 2.45) is 0 Å². The molecule has 0 saturated heterocycles. The molecule has 0 aliphatic heterocycles. The summed E-state index contributed by atoms with van der Waals surface area (Å²) in [5, 5.41) is 0. The van der Waals surface area contributed by atoms with Crippen LogP contribution < -0.4 is 9.47 Å². The Morgan fingerprint density at radius 2 is 1.78 bits per heavy atom. The third-order valence-corrected chi connectivity index (χ3v) is 4.54. The van der Waals surface area contributed by atoms with Crippen molar-refractivity contribution in [3.8, 4) is 11.5 Å². The van der Waals surface area contributed by atoms with Crippen molar-refractivity contribution in [2.45, 2.75) is 57.9 Å². The Morgan fingerprint density at radius 1 is 1.13 bits per heavy atom. The smallest absolute Gasteiger partial charge is 0.222 e. The average Bonchev–Trinajstić information content (AvgIpc) is 2.61. The van der Waals surface area contributed by atoms with E-state index in [4.69, 9.17) is 9.47 Å². The molecule has 4 heteroatoms. The van der Waals surface area contributed by atoms with Crippen molar-refractivity contribution >= 4 is 5.91 Å². The van der Waals surface area contributed by atoms with E-state index in [-0.39, 0.29) is 5.91 Å². The van der Waals surface area contributed by atoms with E-state index in [1.54, 1.807) is 7.11 Å². The van der Waals surface area contributed by atoms with Crippen LogP contribution in [-0.2, 0) is 4.79 Å². The van der Waals surface area contributed by atoms with E-state index in [0.29, 0.717) is 19.1 Å². The second-order valence-electron chi connectivity index (χ2n) is 6.10. The fourth-order valence-corrected chi connectivity index (χ4v) is 3.26. The van der Waals surface area contributed by atoms with Gasteiger partial charge in [-0.1, -0.05) is 19.3 Å². The van der Waals surface area contributed by atoms with Crippen LogP contribution in [0.5, 0.6) is 11.5 Å². The van der Waals surface area contributed by atoms with Crippen LogP contribution in [0.15, 0.2) is 24.3 Å². The summed E-state index contributed by atoms with van der Waals surface area (Å²) < 4.78 is 10.8. The number of benzene rings is 1. The Labute approximate surface area is 139 Å². The maximum atomic E-state index is 12.4. The van der Waals surface area contributed by atoms with Gasteiger partial charge in [0.15, 0.2) is 0 Å². The van der Waals surface area contributed by atoms with Gasteiger partial charge in [0.1, 0.15) is 11.5 Å². The molecule has 1 aromatic rings. The minimum Gasteiger partial charge on any atom is -0.497 e. The average molecular weight is 319 g/mol. The summed E-state index contributed by atoms with van der Waals surface area (Å²) in [6, 6.07) is 8.00. The molecule has 1 amide bonds. The summed E-state index contributed by atoms with van der Waals surface area (Å²) in [6.45, 7) is 3.48. The zero-order valence-corrected chi connectivity index (χ0v) is 14.4. The minimum absolute atomic E-state index is 0.276. The van der Waals surface area contributed by atoms with Crippen LogP contribution in [0.25, 0.3) is 0 Å². The van der Waals surface area contributed by atoms with Crippen LogP contribution in [0.3, 0.4) is 0 Å². The highest BCUT2D eigenvalue weighted by atomic mass is 16.5. The highest BCUT2D eigenvalue weighted by Crippen LogP contribution is 2.23. The van der Waals surface area contributed by atoms with Crippen molar-refractivity contribution < 1.29 is 14.3 Å². The molecule has 1 aliphatic rings. The maximum absolute atomic E-state index is 12.4. The molecule has 0 spiro atoms. The predicted molar refractivity (Wildman–Crippen MR) is 92.0 cm³/mol. The predicted octanol–water partition coefficient (Wildman–Crippen LogP) is 4.04. The minimum atomic E-state index is 0.276. The number of nitrogens with zero attached hydrogens (tertiary/aromatic N) is 1. The van der Waals surface area contributed by atoms with Crippen molar-refractivity contribution in [3.05, 3.63) is 24.3 Å². The van der Waals surface area contributed by atoms with Crippen molar-refractivity contribution in [1.29, 1.82) is 0 Å². The van der Waals surface area contributed by atoms with Crippen LogP contribution >= 0.6 is 0 Å². The van der Waals surface area contributed by atoms with Gasteiger partial charge in [0, 0.05) is 19.0 Å². The first-order chi connectivity index (χ1) is 11.2. The molecule has 0 unspecified atom stereocenters. The highest BCUT2D eigenvalue weighted by Gasteiger charge is 2.23. The Kier molecular flexibility index (Phi) is 7.24. The molecular formula is C19H29NO3. The fraction of sp³-hybridized carbons (Fsp3) is 0.632. The molecule has 0 radical (unpaired) electrons. The molecule has 0 aromatic heterocycles. The van der Waals surface area contributed by atoms with Gasteiger partial charge in [0.05, 0.1) is 13.7 Å². The van der Waals surface area contributed by atoms with Gasteiger partial charge in [-0.3, -0.25) is 4.79 Å². The quantitative estimate of drug-likeness (QED) is 0.679. The Hall–Kier alpha value is -1.71. The summed E-state index contributed by atoms with van der Waals surface area (Å²) in [5.41, 5.74) is 0. The second kappa shape index (κ2) is 9.43.